The van der Waals surface area contributed by atoms with E-state index in [-0.39, 0.29) is 18.8 Å². The van der Waals surface area contributed by atoms with Crippen molar-refractivity contribution in [2.75, 3.05) is 20.3 Å². The van der Waals surface area contributed by atoms with Gasteiger partial charge in [-0.3, -0.25) is 4.79 Å². The van der Waals surface area contributed by atoms with E-state index in [0.29, 0.717) is 18.0 Å². The second-order valence-corrected chi connectivity index (χ2v) is 5.14. The topological polar surface area (TPSA) is 93.8 Å². The number of methoxy groups -OCH3 is 1. The number of carbonyl (C=O) groups excluding carboxylic acids is 1. The highest BCUT2D eigenvalue weighted by Crippen LogP contribution is 2.28. The maximum Gasteiger partial charge on any atom is 0.255 e. The highest BCUT2D eigenvalue weighted by molar-refractivity contribution is 5.75. The van der Waals surface area contributed by atoms with Gasteiger partial charge >= 0.3 is 0 Å². The maximum atomic E-state index is 10.7. The minimum Gasteiger partial charge on any atom is -0.493 e. The number of primary amides is 1. The van der Waals surface area contributed by atoms with Crippen LogP contribution in [0.2, 0.25) is 0 Å². The Bertz CT molecular complexity index is 460. The number of carbonyl (C=O) groups is 1. The van der Waals surface area contributed by atoms with Crippen LogP contribution in [0.3, 0.4) is 0 Å². The Kier molecular flexibility index (Phi) is 5.79. The number of aliphatic hydroxyl groups excluding tert-OH is 1. The summed E-state index contributed by atoms with van der Waals surface area (Å²) in [5, 5.41) is 12.4. The quantitative estimate of drug-likeness (QED) is 0.642. The summed E-state index contributed by atoms with van der Waals surface area (Å²) in [7, 11) is 1.53. The molecule has 0 aliphatic carbocycles. The number of nitrogens with one attached hydrogen (secondary N) is 1. The van der Waals surface area contributed by atoms with E-state index < -0.39 is 5.91 Å². The van der Waals surface area contributed by atoms with Crippen LogP contribution in [-0.4, -0.2) is 36.9 Å². The number of hydrogen-bond acceptors (Lipinski definition) is 5. The monoisotopic (exact) mass is 282 g/mol. The van der Waals surface area contributed by atoms with Crippen molar-refractivity contribution in [2.24, 2.45) is 5.73 Å². The maximum absolute atomic E-state index is 10.7. The molecular weight excluding hydrogens is 260 g/mol. The molecule has 0 aliphatic heterocycles. The molecule has 0 fully saturated rings. The Hall–Kier alpha value is -1.79. The van der Waals surface area contributed by atoms with Crippen LogP contribution in [0.4, 0.5) is 0 Å². The lowest BCUT2D eigenvalue weighted by molar-refractivity contribution is -0.119. The van der Waals surface area contributed by atoms with Gasteiger partial charge < -0.3 is 25.6 Å². The van der Waals surface area contributed by atoms with Crippen LogP contribution in [0.15, 0.2) is 18.2 Å². The molecule has 0 atom stereocenters. The van der Waals surface area contributed by atoms with Crippen molar-refractivity contribution in [2.45, 2.75) is 25.9 Å². The molecule has 1 aromatic carbocycles. The van der Waals surface area contributed by atoms with Gasteiger partial charge in [-0.2, -0.15) is 0 Å². The van der Waals surface area contributed by atoms with E-state index in [0.717, 1.165) is 5.56 Å². The summed E-state index contributed by atoms with van der Waals surface area (Å²) in [6.07, 6.45) is 0. The van der Waals surface area contributed by atoms with E-state index in [1.54, 1.807) is 6.07 Å². The highest BCUT2D eigenvalue weighted by Gasteiger charge is 2.15. The van der Waals surface area contributed by atoms with Gasteiger partial charge in [-0.15, -0.1) is 0 Å². The summed E-state index contributed by atoms with van der Waals surface area (Å²) < 4.78 is 10.5. The fourth-order valence-electron chi connectivity index (χ4n) is 1.49. The summed E-state index contributed by atoms with van der Waals surface area (Å²) in [5.74, 6) is 0.464. The largest absolute Gasteiger partial charge is 0.493 e. The van der Waals surface area contributed by atoms with Crippen molar-refractivity contribution in [1.29, 1.82) is 0 Å². The smallest absolute Gasteiger partial charge is 0.255 e. The molecule has 0 unspecified atom stereocenters. The Morgan fingerprint density at radius 3 is 2.65 bits per heavy atom. The summed E-state index contributed by atoms with van der Waals surface area (Å²) in [6, 6.07) is 5.40. The number of ether oxygens (including phenoxy) is 2. The first-order valence-electron chi connectivity index (χ1n) is 6.32. The van der Waals surface area contributed by atoms with Gasteiger partial charge in [0.15, 0.2) is 18.1 Å². The number of nitrogens with two attached hydrogens (primary N) is 1. The van der Waals surface area contributed by atoms with Crippen molar-refractivity contribution in [3.05, 3.63) is 23.8 Å². The summed E-state index contributed by atoms with van der Waals surface area (Å²) in [5.41, 5.74) is 5.66. The van der Waals surface area contributed by atoms with E-state index >= 15 is 0 Å². The van der Waals surface area contributed by atoms with Gasteiger partial charge in [0.25, 0.3) is 5.91 Å². The number of aliphatic hydroxyl groups is 1. The molecule has 0 aliphatic rings. The van der Waals surface area contributed by atoms with Crippen molar-refractivity contribution in [3.8, 4) is 11.5 Å². The van der Waals surface area contributed by atoms with E-state index in [2.05, 4.69) is 5.32 Å². The SMILES string of the molecule is COc1cc(CNC(C)(C)CO)ccc1OCC(N)=O. The van der Waals surface area contributed by atoms with Crippen LogP contribution >= 0.6 is 0 Å². The molecule has 20 heavy (non-hydrogen) atoms. The molecule has 1 rings (SSSR count). The Balaban J connectivity index is 2.74. The number of rotatable bonds is 8. The average Bonchev–Trinajstić information content (AvgIpc) is 2.43. The van der Waals surface area contributed by atoms with Gasteiger partial charge in [0.05, 0.1) is 13.7 Å². The molecule has 0 saturated carbocycles. The predicted molar refractivity (Wildman–Crippen MR) is 75.7 cm³/mol. The average molecular weight is 282 g/mol. The molecule has 0 spiro atoms. The lowest BCUT2D eigenvalue weighted by atomic mass is 10.1. The molecule has 1 aromatic rings. The fraction of sp³-hybridized carbons (Fsp3) is 0.500. The highest BCUT2D eigenvalue weighted by atomic mass is 16.5. The van der Waals surface area contributed by atoms with E-state index in [9.17, 15) is 9.90 Å². The van der Waals surface area contributed by atoms with E-state index in [1.165, 1.54) is 7.11 Å². The Labute approximate surface area is 118 Å². The van der Waals surface area contributed by atoms with Gasteiger partial charge in [0.2, 0.25) is 0 Å². The van der Waals surface area contributed by atoms with Crippen LogP contribution in [0, 0.1) is 0 Å². The van der Waals surface area contributed by atoms with E-state index in [4.69, 9.17) is 15.2 Å². The zero-order chi connectivity index (χ0) is 15.2. The minimum absolute atomic E-state index is 0.0456. The van der Waals surface area contributed by atoms with Crippen LogP contribution in [0.1, 0.15) is 19.4 Å². The van der Waals surface area contributed by atoms with Crippen molar-refractivity contribution < 1.29 is 19.4 Å². The van der Waals surface area contributed by atoms with Gasteiger partial charge in [-0.05, 0) is 31.5 Å². The number of hydrogen-bond donors (Lipinski definition) is 3. The zero-order valence-electron chi connectivity index (χ0n) is 12.1. The molecule has 1 amide bonds. The molecule has 0 bridgehead atoms. The lowest BCUT2D eigenvalue weighted by Crippen LogP contribution is -2.42. The first-order valence-corrected chi connectivity index (χ1v) is 6.32. The zero-order valence-corrected chi connectivity index (χ0v) is 12.1. The third-order valence-electron chi connectivity index (χ3n) is 2.76. The molecule has 4 N–H and O–H groups in total. The number of amides is 1. The number of benzene rings is 1. The first-order chi connectivity index (χ1) is 9.38. The summed E-state index contributed by atoms with van der Waals surface area (Å²) in [6.45, 7) is 4.26. The molecule has 0 saturated heterocycles. The predicted octanol–water partition coefficient (Wildman–Crippen LogP) is 0.420. The van der Waals surface area contributed by atoms with Crippen molar-refractivity contribution >= 4 is 5.91 Å². The molecule has 6 nitrogen and oxygen atoms in total. The van der Waals surface area contributed by atoms with Crippen LogP contribution in [0.25, 0.3) is 0 Å². The standard InChI is InChI=1S/C14H22N2O4/c1-14(2,9-17)16-7-10-4-5-11(12(6-10)19-3)20-8-13(15)18/h4-6,16-17H,7-9H2,1-3H3,(H2,15,18). The normalized spacial score (nSPS) is 11.2. The summed E-state index contributed by atoms with van der Waals surface area (Å²) in [4.78, 5) is 10.7. The van der Waals surface area contributed by atoms with Gasteiger partial charge in [-0.25, -0.2) is 0 Å². The second kappa shape index (κ2) is 7.12. The second-order valence-electron chi connectivity index (χ2n) is 5.14. The molecule has 6 heteroatoms. The van der Waals surface area contributed by atoms with Crippen LogP contribution in [-0.2, 0) is 11.3 Å². The molecule has 0 aromatic heterocycles. The third-order valence-corrected chi connectivity index (χ3v) is 2.76. The van der Waals surface area contributed by atoms with Crippen LogP contribution < -0.4 is 20.5 Å². The summed E-state index contributed by atoms with van der Waals surface area (Å²) >= 11 is 0. The third kappa shape index (κ3) is 5.07. The Morgan fingerprint density at radius 2 is 2.10 bits per heavy atom. The molecule has 0 radical (unpaired) electrons. The Morgan fingerprint density at radius 1 is 1.40 bits per heavy atom. The van der Waals surface area contributed by atoms with Crippen molar-refractivity contribution in [1.82, 2.24) is 5.32 Å². The lowest BCUT2D eigenvalue weighted by Gasteiger charge is -2.23. The van der Waals surface area contributed by atoms with Crippen molar-refractivity contribution in [3.63, 3.8) is 0 Å². The molecule has 112 valence electrons. The van der Waals surface area contributed by atoms with E-state index in [1.807, 2.05) is 26.0 Å². The minimum atomic E-state index is -0.539. The molecular formula is C14H22N2O4. The van der Waals surface area contributed by atoms with Gasteiger partial charge in [-0.1, -0.05) is 6.07 Å². The van der Waals surface area contributed by atoms with Gasteiger partial charge in [0, 0.05) is 12.1 Å². The van der Waals surface area contributed by atoms with Crippen LogP contribution in [0.5, 0.6) is 11.5 Å². The fourth-order valence-corrected chi connectivity index (χ4v) is 1.49. The first kappa shape index (κ1) is 16.3. The molecule has 0 heterocycles. The van der Waals surface area contributed by atoms with Gasteiger partial charge in [0.1, 0.15) is 0 Å².